The van der Waals surface area contributed by atoms with Crippen LogP contribution in [-0.4, -0.2) is 42.1 Å². The highest BCUT2D eigenvalue weighted by atomic mass is 16.5. The lowest BCUT2D eigenvalue weighted by atomic mass is 9.87. The van der Waals surface area contributed by atoms with E-state index in [0.717, 1.165) is 5.57 Å². The van der Waals surface area contributed by atoms with Crippen LogP contribution >= 0.6 is 0 Å². The summed E-state index contributed by atoms with van der Waals surface area (Å²) in [5.74, 6) is -1.16. The van der Waals surface area contributed by atoms with Crippen molar-refractivity contribution in [2.75, 3.05) is 7.11 Å². The molecule has 0 N–H and O–H groups in total. The summed E-state index contributed by atoms with van der Waals surface area (Å²) in [4.78, 5) is 49.1. The fraction of sp³-hybridized carbons (Fsp3) is 0.600. The molecule has 2 aliphatic heterocycles. The topological polar surface area (TPSA) is 86.7 Å². The first kappa shape index (κ1) is 20.2. The van der Waals surface area contributed by atoms with Gasteiger partial charge in [-0.05, 0) is 26.2 Å². The van der Waals surface area contributed by atoms with E-state index in [-0.39, 0.29) is 60.9 Å². The molecule has 0 aliphatic carbocycles. The molecular formula is C20H26O6. The van der Waals surface area contributed by atoms with Crippen LogP contribution in [0.4, 0.5) is 0 Å². The van der Waals surface area contributed by atoms with E-state index >= 15 is 0 Å². The number of carbonyl (C=O) groups excluding carboxylic acids is 4. The number of ether oxygens (including phenoxy) is 2. The van der Waals surface area contributed by atoms with Crippen molar-refractivity contribution in [1.82, 2.24) is 0 Å². The number of Topliss-reactive ketones (excluding diaryl/α,β-unsaturated/α-hetero) is 3. The summed E-state index contributed by atoms with van der Waals surface area (Å²) in [7, 11) is 1.26. The van der Waals surface area contributed by atoms with Crippen molar-refractivity contribution >= 4 is 23.3 Å². The quantitative estimate of drug-likeness (QED) is 0.554. The third-order valence-corrected chi connectivity index (χ3v) is 4.97. The molecule has 0 aromatic heterocycles. The van der Waals surface area contributed by atoms with Crippen LogP contribution in [0.15, 0.2) is 23.8 Å². The highest BCUT2D eigenvalue weighted by Gasteiger charge is 2.44. The molecule has 26 heavy (non-hydrogen) atoms. The van der Waals surface area contributed by atoms with E-state index in [1.807, 2.05) is 6.92 Å². The normalized spacial score (nSPS) is 32.7. The smallest absolute Gasteiger partial charge is 0.333 e. The van der Waals surface area contributed by atoms with Gasteiger partial charge in [-0.25, -0.2) is 4.79 Å². The van der Waals surface area contributed by atoms with Crippen LogP contribution in [0.5, 0.6) is 0 Å². The van der Waals surface area contributed by atoms with Gasteiger partial charge in [-0.1, -0.05) is 18.2 Å². The molecule has 2 heterocycles. The van der Waals surface area contributed by atoms with E-state index in [1.165, 1.54) is 7.11 Å². The van der Waals surface area contributed by atoms with Crippen molar-refractivity contribution in [3.63, 3.8) is 0 Å². The van der Waals surface area contributed by atoms with Crippen LogP contribution in [0.25, 0.3) is 0 Å². The van der Waals surface area contributed by atoms with Gasteiger partial charge in [-0.15, -0.1) is 0 Å². The first-order valence-corrected chi connectivity index (χ1v) is 8.80. The number of fused-ring (bicyclic) bond motifs is 2. The molecule has 0 radical (unpaired) electrons. The zero-order chi connectivity index (χ0) is 19.5. The molecule has 0 saturated carbocycles. The lowest BCUT2D eigenvalue weighted by Crippen LogP contribution is -2.29. The molecule has 1 saturated heterocycles. The van der Waals surface area contributed by atoms with Crippen LogP contribution in [0.3, 0.4) is 0 Å². The number of allylic oxidation sites excluding steroid dienone is 2. The van der Waals surface area contributed by atoms with Crippen LogP contribution in [-0.2, 0) is 28.7 Å². The first-order chi connectivity index (χ1) is 12.1. The number of rotatable bonds is 2. The number of carbonyl (C=O) groups is 4. The second-order valence-corrected chi connectivity index (χ2v) is 7.54. The minimum Gasteiger partial charge on any atom is -0.466 e. The van der Waals surface area contributed by atoms with E-state index in [2.05, 4.69) is 6.58 Å². The van der Waals surface area contributed by atoms with Crippen molar-refractivity contribution in [3.8, 4) is 0 Å². The maximum atomic E-state index is 12.5. The molecule has 0 aromatic rings. The monoisotopic (exact) mass is 362 g/mol. The SMILES string of the molecule is C=C(C)[C@@H]1C/C=C(/C(=O)OC)CC(=O)C[C@@]2(C)CC(=O)[C@H](CC(=O)C1)O2. The van der Waals surface area contributed by atoms with Crippen LogP contribution in [0.1, 0.15) is 52.4 Å². The Labute approximate surface area is 153 Å². The van der Waals surface area contributed by atoms with Crippen LogP contribution < -0.4 is 0 Å². The van der Waals surface area contributed by atoms with Gasteiger partial charge in [0.15, 0.2) is 5.78 Å². The average Bonchev–Trinajstić information content (AvgIpc) is 2.81. The average molecular weight is 362 g/mol. The van der Waals surface area contributed by atoms with E-state index in [4.69, 9.17) is 9.47 Å². The van der Waals surface area contributed by atoms with Crippen LogP contribution in [0, 0.1) is 5.92 Å². The summed E-state index contributed by atoms with van der Waals surface area (Å²) >= 11 is 0. The van der Waals surface area contributed by atoms with Gasteiger partial charge in [0.25, 0.3) is 0 Å². The van der Waals surface area contributed by atoms with E-state index in [0.29, 0.717) is 6.42 Å². The molecule has 2 bridgehead atoms. The molecule has 6 heteroatoms. The van der Waals surface area contributed by atoms with Gasteiger partial charge in [-0.3, -0.25) is 14.4 Å². The molecule has 0 unspecified atom stereocenters. The second-order valence-electron chi connectivity index (χ2n) is 7.54. The third-order valence-electron chi connectivity index (χ3n) is 4.97. The predicted molar refractivity (Wildman–Crippen MR) is 94.4 cm³/mol. The lowest BCUT2D eigenvalue weighted by Gasteiger charge is -2.23. The van der Waals surface area contributed by atoms with Crippen molar-refractivity contribution in [2.45, 2.75) is 64.1 Å². The summed E-state index contributed by atoms with van der Waals surface area (Å²) in [6, 6.07) is 0. The second kappa shape index (κ2) is 8.08. The van der Waals surface area contributed by atoms with Crippen molar-refractivity contribution in [3.05, 3.63) is 23.8 Å². The maximum Gasteiger partial charge on any atom is 0.333 e. The standard InChI is InChI=1S/C20H26O6/c1-12(2)13-5-6-14(19(24)25-4)8-16(22)10-20(3)11-17(23)18(26-20)9-15(21)7-13/h6,13,18H,1,5,7-11H2,2-4H3/b14-6+/t13-,18+,20+/m1/s1. The lowest BCUT2D eigenvalue weighted by molar-refractivity contribution is -0.138. The van der Waals surface area contributed by atoms with E-state index in [9.17, 15) is 19.2 Å². The molecule has 2 aliphatic rings. The van der Waals surface area contributed by atoms with E-state index < -0.39 is 17.7 Å². The van der Waals surface area contributed by atoms with E-state index in [1.54, 1.807) is 13.0 Å². The minimum absolute atomic E-state index is 0.0139. The fourth-order valence-corrected chi connectivity index (χ4v) is 3.55. The number of esters is 1. The summed E-state index contributed by atoms with van der Waals surface area (Å²) in [6.07, 6.45) is 1.55. The molecule has 0 spiro atoms. The van der Waals surface area contributed by atoms with Gasteiger partial charge in [0.1, 0.15) is 17.7 Å². The zero-order valence-corrected chi connectivity index (χ0v) is 15.6. The highest BCUT2D eigenvalue weighted by molar-refractivity contribution is 5.97. The Morgan fingerprint density at radius 2 is 1.92 bits per heavy atom. The summed E-state index contributed by atoms with van der Waals surface area (Å²) in [6.45, 7) is 7.44. The Balaban J connectivity index is 2.34. The van der Waals surface area contributed by atoms with Gasteiger partial charge in [0, 0.05) is 37.7 Å². The van der Waals surface area contributed by atoms with Crippen LogP contribution in [0.2, 0.25) is 0 Å². The number of methoxy groups -OCH3 is 1. The number of hydrogen-bond acceptors (Lipinski definition) is 6. The Bertz CT molecular complexity index is 674. The maximum absolute atomic E-state index is 12.5. The largest absolute Gasteiger partial charge is 0.466 e. The summed E-state index contributed by atoms with van der Waals surface area (Å²) < 4.78 is 10.6. The van der Waals surface area contributed by atoms with Gasteiger partial charge in [-0.2, -0.15) is 0 Å². The molecular weight excluding hydrogens is 336 g/mol. The van der Waals surface area contributed by atoms with Gasteiger partial charge >= 0.3 is 5.97 Å². The van der Waals surface area contributed by atoms with Crippen molar-refractivity contribution in [2.24, 2.45) is 5.92 Å². The molecule has 0 amide bonds. The Kier molecular flexibility index (Phi) is 6.29. The first-order valence-electron chi connectivity index (χ1n) is 8.80. The molecule has 2 rings (SSSR count). The number of ketones is 3. The molecule has 3 atom stereocenters. The Morgan fingerprint density at radius 3 is 2.54 bits per heavy atom. The summed E-state index contributed by atoms with van der Waals surface area (Å²) in [5.41, 5.74) is 0.144. The molecule has 142 valence electrons. The third kappa shape index (κ3) is 4.97. The highest BCUT2D eigenvalue weighted by Crippen LogP contribution is 2.34. The van der Waals surface area contributed by atoms with Crippen molar-refractivity contribution < 1.29 is 28.7 Å². The van der Waals surface area contributed by atoms with Gasteiger partial charge in [0.2, 0.25) is 0 Å². The van der Waals surface area contributed by atoms with Gasteiger partial charge < -0.3 is 9.47 Å². The Morgan fingerprint density at radius 1 is 1.23 bits per heavy atom. The summed E-state index contributed by atoms with van der Waals surface area (Å²) in [5, 5.41) is 0. The minimum atomic E-state index is -0.928. The van der Waals surface area contributed by atoms with Crippen molar-refractivity contribution in [1.29, 1.82) is 0 Å². The molecule has 1 fully saturated rings. The van der Waals surface area contributed by atoms with Gasteiger partial charge in [0.05, 0.1) is 12.7 Å². The molecule has 0 aromatic carbocycles. The molecule has 6 nitrogen and oxygen atoms in total. The zero-order valence-electron chi connectivity index (χ0n) is 15.6. The fourth-order valence-electron chi connectivity index (χ4n) is 3.55. The predicted octanol–water partition coefficient (Wildman–Crippen LogP) is 2.50. The Hall–Kier alpha value is -2.08. The number of hydrogen-bond donors (Lipinski definition) is 0.